The maximum Gasteiger partial charge on any atom is 0.308 e. The molecular weight excluding hydrogens is 340 g/mol. The molecule has 138 valence electrons. The van der Waals surface area contributed by atoms with Gasteiger partial charge in [0.1, 0.15) is 11.9 Å². The lowest BCUT2D eigenvalue weighted by molar-refractivity contribution is -0.148. The number of ketones is 2. The number of Topliss-reactive ketones (excluding diaryl/α,β-unsaturated/α-hetero) is 2. The van der Waals surface area contributed by atoms with Crippen LogP contribution in [0.3, 0.4) is 0 Å². The van der Waals surface area contributed by atoms with Gasteiger partial charge in [0.2, 0.25) is 0 Å². The second kappa shape index (κ2) is 7.01. The van der Waals surface area contributed by atoms with Crippen LogP contribution in [0.15, 0.2) is 29.3 Å². The Morgan fingerprint density at radius 2 is 1.96 bits per heavy atom. The number of fused-ring (bicyclic) bond motifs is 1. The molecule has 0 radical (unpaired) electrons. The number of carbonyl (C=O) groups is 3. The van der Waals surface area contributed by atoms with Crippen LogP contribution in [0, 0.1) is 0 Å². The van der Waals surface area contributed by atoms with Crippen molar-refractivity contribution in [2.75, 3.05) is 7.11 Å². The fourth-order valence-electron chi connectivity index (χ4n) is 3.53. The molecule has 1 aliphatic carbocycles. The van der Waals surface area contributed by atoms with E-state index in [0.717, 1.165) is 0 Å². The summed E-state index contributed by atoms with van der Waals surface area (Å²) in [4.78, 5) is 37.6. The third-order valence-corrected chi connectivity index (χ3v) is 4.75. The number of hydrogen-bond donors (Lipinski definition) is 2. The first-order chi connectivity index (χ1) is 12.4. The molecule has 1 aliphatic heterocycles. The van der Waals surface area contributed by atoms with Crippen molar-refractivity contribution in [3.8, 4) is 5.75 Å². The van der Waals surface area contributed by atoms with Crippen molar-refractivity contribution in [2.24, 2.45) is 0 Å². The zero-order chi connectivity index (χ0) is 19.0. The molecule has 26 heavy (non-hydrogen) atoms. The lowest BCUT2D eigenvalue weighted by Gasteiger charge is -2.38. The lowest BCUT2D eigenvalue weighted by atomic mass is 9.76. The van der Waals surface area contributed by atoms with E-state index in [-0.39, 0.29) is 34.4 Å². The number of methoxy groups -OCH3 is 1. The van der Waals surface area contributed by atoms with Gasteiger partial charge in [-0.15, -0.1) is 0 Å². The van der Waals surface area contributed by atoms with Crippen LogP contribution in [0.1, 0.15) is 46.9 Å². The van der Waals surface area contributed by atoms with Gasteiger partial charge in [-0.2, -0.15) is 0 Å². The first-order valence-corrected chi connectivity index (χ1v) is 8.46. The summed E-state index contributed by atoms with van der Waals surface area (Å²) in [7, 11) is 1.22. The van der Waals surface area contributed by atoms with Gasteiger partial charge in [-0.05, 0) is 12.5 Å². The van der Waals surface area contributed by atoms with Crippen LogP contribution in [0.5, 0.6) is 5.75 Å². The van der Waals surface area contributed by atoms with Crippen molar-refractivity contribution >= 4 is 17.5 Å². The standard InChI is InChI=1S/C19H20O7/c1-3-5-11-15-16(18(23)12(26-11)8-13(21)25-2)17(22)9-6-4-7-10(20)14(9)19(15)24/h4,6-7,11-12,18,20,23H,3,5,8H2,1-2H3/t11-,12-,18+/m1/s1. The second-order valence-corrected chi connectivity index (χ2v) is 6.36. The molecule has 0 bridgehead atoms. The fraction of sp³-hybridized carbons (Fsp3) is 0.421. The smallest absolute Gasteiger partial charge is 0.308 e. The highest BCUT2D eigenvalue weighted by Crippen LogP contribution is 2.40. The van der Waals surface area contributed by atoms with Crippen LogP contribution in [-0.2, 0) is 14.3 Å². The molecule has 2 N–H and O–H groups in total. The molecular formula is C19H20O7. The van der Waals surface area contributed by atoms with Crippen molar-refractivity contribution < 1.29 is 34.1 Å². The van der Waals surface area contributed by atoms with E-state index in [1.165, 1.54) is 25.3 Å². The molecule has 0 saturated heterocycles. The number of phenolic OH excluding ortho intramolecular Hbond substituents is 1. The van der Waals surface area contributed by atoms with E-state index < -0.39 is 35.8 Å². The zero-order valence-corrected chi connectivity index (χ0v) is 14.5. The minimum Gasteiger partial charge on any atom is -0.507 e. The number of aliphatic hydroxyl groups excluding tert-OH is 1. The van der Waals surface area contributed by atoms with Gasteiger partial charge in [-0.3, -0.25) is 14.4 Å². The fourth-order valence-corrected chi connectivity index (χ4v) is 3.53. The van der Waals surface area contributed by atoms with Crippen LogP contribution in [-0.4, -0.2) is 53.2 Å². The summed E-state index contributed by atoms with van der Waals surface area (Å²) >= 11 is 0. The number of benzene rings is 1. The third-order valence-electron chi connectivity index (χ3n) is 4.75. The molecule has 0 spiro atoms. The van der Waals surface area contributed by atoms with Gasteiger partial charge in [0.15, 0.2) is 11.6 Å². The number of aliphatic hydroxyl groups is 1. The van der Waals surface area contributed by atoms with E-state index in [9.17, 15) is 24.6 Å². The minimum absolute atomic E-state index is 0.0433. The maximum atomic E-state index is 13.0. The summed E-state index contributed by atoms with van der Waals surface area (Å²) in [6.45, 7) is 1.89. The van der Waals surface area contributed by atoms with Crippen LogP contribution >= 0.6 is 0 Å². The Balaban J connectivity index is 2.12. The number of esters is 1. The topological polar surface area (TPSA) is 110 Å². The summed E-state index contributed by atoms with van der Waals surface area (Å²) in [6, 6.07) is 4.24. The summed E-state index contributed by atoms with van der Waals surface area (Å²) in [5.41, 5.74) is -0.00694. The van der Waals surface area contributed by atoms with Crippen molar-refractivity contribution in [1.29, 1.82) is 0 Å². The monoisotopic (exact) mass is 360 g/mol. The molecule has 7 nitrogen and oxygen atoms in total. The predicted molar refractivity (Wildman–Crippen MR) is 90.0 cm³/mol. The minimum atomic E-state index is -1.43. The molecule has 0 unspecified atom stereocenters. The average Bonchev–Trinajstić information content (AvgIpc) is 2.62. The Hall–Kier alpha value is -2.51. The Bertz CT molecular complexity index is 808. The molecule has 0 aromatic heterocycles. The Morgan fingerprint density at radius 3 is 2.62 bits per heavy atom. The van der Waals surface area contributed by atoms with Gasteiger partial charge < -0.3 is 19.7 Å². The van der Waals surface area contributed by atoms with E-state index in [2.05, 4.69) is 4.74 Å². The van der Waals surface area contributed by atoms with Gasteiger partial charge in [0.25, 0.3) is 0 Å². The predicted octanol–water partition coefficient (Wildman–Crippen LogP) is 1.56. The van der Waals surface area contributed by atoms with Crippen molar-refractivity contribution in [2.45, 2.75) is 44.5 Å². The first kappa shape index (κ1) is 18.3. The highest BCUT2D eigenvalue weighted by Gasteiger charge is 2.47. The van der Waals surface area contributed by atoms with Gasteiger partial charge in [-0.1, -0.05) is 25.5 Å². The molecule has 1 aromatic carbocycles. The Kier molecular flexibility index (Phi) is 4.93. The highest BCUT2D eigenvalue weighted by molar-refractivity contribution is 6.28. The van der Waals surface area contributed by atoms with Crippen molar-refractivity contribution in [3.63, 3.8) is 0 Å². The Labute approximate surface area is 150 Å². The number of ether oxygens (including phenoxy) is 2. The molecule has 2 aliphatic rings. The SMILES string of the molecule is CCC[C@H]1O[C@H](CC(=O)OC)[C@H](O)C2=C1C(=O)c1c(O)cccc1C2=O. The summed E-state index contributed by atoms with van der Waals surface area (Å²) in [5, 5.41) is 20.7. The van der Waals surface area contributed by atoms with Crippen LogP contribution < -0.4 is 0 Å². The maximum absolute atomic E-state index is 13.0. The summed E-state index contributed by atoms with van der Waals surface area (Å²) in [5.74, 6) is -1.92. The molecule has 0 fully saturated rings. The molecule has 7 heteroatoms. The summed E-state index contributed by atoms with van der Waals surface area (Å²) in [6.07, 6.45) is -2.28. The van der Waals surface area contributed by atoms with Gasteiger partial charge in [0.05, 0.1) is 31.3 Å². The lowest BCUT2D eigenvalue weighted by Crippen LogP contribution is -2.48. The molecule has 3 rings (SSSR count). The Morgan fingerprint density at radius 1 is 1.23 bits per heavy atom. The van der Waals surface area contributed by atoms with E-state index in [4.69, 9.17) is 4.74 Å². The second-order valence-electron chi connectivity index (χ2n) is 6.36. The quantitative estimate of drug-likeness (QED) is 0.784. The number of carbonyl (C=O) groups excluding carboxylic acids is 3. The highest BCUT2D eigenvalue weighted by atomic mass is 16.5. The van der Waals surface area contributed by atoms with Gasteiger partial charge >= 0.3 is 5.97 Å². The molecule has 0 amide bonds. The largest absolute Gasteiger partial charge is 0.507 e. The van der Waals surface area contributed by atoms with Crippen molar-refractivity contribution in [1.82, 2.24) is 0 Å². The number of aromatic hydroxyl groups is 1. The molecule has 1 aromatic rings. The normalized spacial score (nSPS) is 25.0. The summed E-state index contributed by atoms with van der Waals surface area (Å²) < 4.78 is 10.4. The van der Waals surface area contributed by atoms with Crippen LogP contribution in [0.4, 0.5) is 0 Å². The molecule has 1 heterocycles. The van der Waals surface area contributed by atoms with E-state index >= 15 is 0 Å². The van der Waals surface area contributed by atoms with Gasteiger partial charge in [0, 0.05) is 16.7 Å². The average molecular weight is 360 g/mol. The number of rotatable bonds is 4. The van der Waals surface area contributed by atoms with Crippen LogP contribution in [0.25, 0.3) is 0 Å². The number of hydrogen-bond acceptors (Lipinski definition) is 7. The zero-order valence-electron chi connectivity index (χ0n) is 14.5. The van der Waals surface area contributed by atoms with Crippen molar-refractivity contribution in [3.05, 3.63) is 40.5 Å². The first-order valence-electron chi connectivity index (χ1n) is 8.46. The van der Waals surface area contributed by atoms with E-state index in [1.54, 1.807) is 0 Å². The number of phenols is 1. The third kappa shape index (κ3) is 2.83. The van der Waals surface area contributed by atoms with Crippen LogP contribution in [0.2, 0.25) is 0 Å². The van der Waals surface area contributed by atoms with E-state index in [1.807, 2.05) is 6.92 Å². The molecule has 0 saturated carbocycles. The molecule has 3 atom stereocenters. The van der Waals surface area contributed by atoms with E-state index in [0.29, 0.717) is 12.8 Å². The van der Waals surface area contributed by atoms with Gasteiger partial charge in [-0.25, -0.2) is 0 Å².